The molecule has 0 saturated heterocycles. The quantitative estimate of drug-likeness (QED) is 0.693. The highest BCUT2D eigenvalue weighted by Gasteiger charge is 2.16. The van der Waals surface area contributed by atoms with Gasteiger partial charge < -0.3 is 15.4 Å². The Morgan fingerprint density at radius 3 is 2.83 bits per heavy atom. The number of halogens is 1. The molecule has 2 aromatic carbocycles. The van der Waals surface area contributed by atoms with E-state index in [2.05, 4.69) is 15.3 Å². The Hall–Kier alpha value is -2.89. The van der Waals surface area contributed by atoms with Crippen LogP contribution in [0, 0.1) is 5.82 Å². The van der Waals surface area contributed by atoms with Crippen molar-refractivity contribution in [3.05, 3.63) is 59.7 Å². The van der Waals surface area contributed by atoms with Gasteiger partial charge in [0.2, 0.25) is 0 Å². The lowest BCUT2D eigenvalue weighted by Crippen LogP contribution is -2.34. The average molecular weight is 313 g/mol. The summed E-state index contributed by atoms with van der Waals surface area (Å²) in [6.07, 6.45) is 2.03. The van der Waals surface area contributed by atoms with E-state index in [9.17, 15) is 14.3 Å². The molecule has 0 radical (unpaired) electrons. The number of H-pyrrole nitrogens is 1. The first-order valence-electron chi connectivity index (χ1n) is 7.24. The number of amides is 1. The van der Waals surface area contributed by atoms with Crippen LogP contribution >= 0.6 is 0 Å². The van der Waals surface area contributed by atoms with Crippen molar-refractivity contribution in [1.29, 1.82) is 0 Å². The summed E-state index contributed by atoms with van der Waals surface area (Å²) in [5, 5.41) is 12.1. The molecule has 1 atom stereocenters. The van der Waals surface area contributed by atoms with Gasteiger partial charge in [0.15, 0.2) is 0 Å². The fraction of sp³-hybridized carbons (Fsp3) is 0.176. The standard InChI is InChI=1S/C17H16FN3O2/c1-10(6-11-2-4-13(22)5-3-11)21-17(23)14-7-12(18)8-15-16(14)20-9-19-15/h2-5,7-10,22H,6H2,1H3,(H,19,20)(H,21,23). The maximum atomic E-state index is 13.6. The van der Waals surface area contributed by atoms with E-state index in [0.717, 1.165) is 5.56 Å². The van der Waals surface area contributed by atoms with Crippen LogP contribution in [0.2, 0.25) is 0 Å². The minimum atomic E-state index is -0.488. The molecule has 0 bridgehead atoms. The van der Waals surface area contributed by atoms with Gasteiger partial charge in [0, 0.05) is 6.04 Å². The first-order valence-corrected chi connectivity index (χ1v) is 7.24. The van der Waals surface area contributed by atoms with Crippen LogP contribution in [-0.4, -0.2) is 27.0 Å². The van der Waals surface area contributed by atoms with Crippen molar-refractivity contribution in [1.82, 2.24) is 15.3 Å². The van der Waals surface area contributed by atoms with Crippen molar-refractivity contribution >= 4 is 16.9 Å². The number of aromatic nitrogens is 2. The third-order valence-corrected chi connectivity index (χ3v) is 3.59. The molecule has 0 fully saturated rings. The lowest BCUT2D eigenvalue weighted by Gasteiger charge is -2.14. The number of phenolic OH excluding ortho intramolecular Hbond substituents is 1. The highest BCUT2D eigenvalue weighted by atomic mass is 19.1. The van der Waals surface area contributed by atoms with Crippen LogP contribution in [-0.2, 0) is 6.42 Å². The largest absolute Gasteiger partial charge is 0.508 e. The molecule has 1 aromatic heterocycles. The number of phenols is 1. The number of aromatic amines is 1. The zero-order valence-electron chi connectivity index (χ0n) is 12.5. The second-order valence-corrected chi connectivity index (χ2v) is 5.50. The normalized spacial score (nSPS) is 12.3. The molecule has 5 nitrogen and oxygen atoms in total. The number of benzene rings is 2. The maximum absolute atomic E-state index is 13.6. The lowest BCUT2D eigenvalue weighted by atomic mass is 10.1. The van der Waals surface area contributed by atoms with Gasteiger partial charge in [-0.25, -0.2) is 9.37 Å². The summed E-state index contributed by atoms with van der Waals surface area (Å²) >= 11 is 0. The number of imidazole rings is 1. The van der Waals surface area contributed by atoms with E-state index in [1.165, 1.54) is 18.5 Å². The van der Waals surface area contributed by atoms with Crippen LogP contribution in [0.1, 0.15) is 22.8 Å². The number of rotatable bonds is 4. The van der Waals surface area contributed by atoms with E-state index in [1.54, 1.807) is 24.3 Å². The fourth-order valence-corrected chi connectivity index (χ4v) is 2.53. The third kappa shape index (κ3) is 3.31. The number of hydrogen-bond donors (Lipinski definition) is 3. The number of carbonyl (C=O) groups excluding carboxylic acids is 1. The van der Waals surface area contributed by atoms with Gasteiger partial charge in [-0.05, 0) is 43.2 Å². The van der Waals surface area contributed by atoms with Crippen molar-refractivity contribution in [2.45, 2.75) is 19.4 Å². The molecule has 0 aliphatic heterocycles. The minimum absolute atomic E-state index is 0.149. The summed E-state index contributed by atoms with van der Waals surface area (Å²) < 4.78 is 13.6. The number of nitrogens with zero attached hydrogens (tertiary/aromatic N) is 1. The van der Waals surface area contributed by atoms with Gasteiger partial charge in [0.05, 0.1) is 17.4 Å². The molecule has 23 heavy (non-hydrogen) atoms. The van der Waals surface area contributed by atoms with E-state index >= 15 is 0 Å². The number of nitrogens with one attached hydrogen (secondary N) is 2. The van der Waals surface area contributed by atoms with Crippen molar-refractivity contribution in [2.24, 2.45) is 0 Å². The molecule has 0 saturated carbocycles. The SMILES string of the molecule is CC(Cc1ccc(O)cc1)NC(=O)c1cc(F)cc2[nH]cnc12. The first kappa shape index (κ1) is 15.0. The summed E-state index contributed by atoms with van der Waals surface area (Å²) in [5.74, 6) is -0.655. The van der Waals surface area contributed by atoms with Crippen LogP contribution in [0.15, 0.2) is 42.7 Å². The summed E-state index contributed by atoms with van der Waals surface area (Å²) in [6, 6.07) is 9.14. The summed E-state index contributed by atoms with van der Waals surface area (Å²) in [5.41, 5.74) is 2.13. The zero-order valence-corrected chi connectivity index (χ0v) is 12.5. The summed E-state index contributed by atoms with van der Waals surface area (Å²) in [6.45, 7) is 1.87. The van der Waals surface area contributed by atoms with Crippen molar-refractivity contribution in [3.8, 4) is 5.75 Å². The van der Waals surface area contributed by atoms with Crippen molar-refractivity contribution in [3.63, 3.8) is 0 Å². The molecule has 3 aromatic rings. The highest BCUT2D eigenvalue weighted by molar-refractivity contribution is 6.04. The topological polar surface area (TPSA) is 78.0 Å². The molecule has 0 aliphatic carbocycles. The van der Waals surface area contributed by atoms with E-state index in [-0.39, 0.29) is 23.3 Å². The molecule has 0 aliphatic rings. The summed E-state index contributed by atoms with van der Waals surface area (Å²) in [7, 11) is 0. The van der Waals surface area contributed by atoms with E-state index < -0.39 is 5.82 Å². The third-order valence-electron chi connectivity index (χ3n) is 3.59. The molecule has 118 valence electrons. The Morgan fingerprint density at radius 2 is 2.09 bits per heavy atom. The Balaban J connectivity index is 1.75. The van der Waals surface area contributed by atoms with Gasteiger partial charge in [-0.1, -0.05) is 12.1 Å². The molecule has 1 unspecified atom stereocenters. The molecular formula is C17H16FN3O2. The van der Waals surface area contributed by atoms with Crippen LogP contribution < -0.4 is 5.32 Å². The van der Waals surface area contributed by atoms with Gasteiger partial charge in [-0.15, -0.1) is 0 Å². The van der Waals surface area contributed by atoms with Gasteiger partial charge in [-0.2, -0.15) is 0 Å². The van der Waals surface area contributed by atoms with Gasteiger partial charge in [0.25, 0.3) is 5.91 Å². The second-order valence-electron chi connectivity index (χ2n) is 5.50. The maximum Gasteiger partial charge on any atom is 0.253 e. The fourth-order valence-electron chi connectivity index (χ4n) is 2.53. The Bertz CT molecular complexity index is 843. The molecule has 1 heterocycles. The van der Waals surface area contributed by atoms with Gasteiger partial charge in [-0.3, -0.25) is 4.79 Å². The Labute approximate surface area is 132 Å². The lowest BCUT2D eigenvalue weighted by molar-refractivity contribution is 0.0941. The molecular weight excluding hydrogens is 297 g/mol. The molecule has 6 heteroatoms. The van der Waals surface area contributed by atoms with Crippen molar-refractivity contribution in [2.75, 3.05) is 0 Å². The van der Waals surface area contributed by atoms with Crippen LogP contribution in [0.3, 0.4) is 0 Å². The van der Waals surface area contributed by atoms with Gasteiger partial charge >= 0.3 is 0 Å². The molecule has 1 amide bonds. The average Bonchev–Trinajstić information content (AvgIpc) is 2.96. The van der Waals surface area contributed by atoms with Crippen LogP contribution in [0.5, 0.6) is 5.75 Å². The van der Waals surface area contributed by atoms with E-state index in [4.69, 9.17) is 0 Å². The first-order chi connectivity index (χ1) is 11.0. The van der Waals surface area contributed by atoms with Gasteiger partial charge in [0.1, 0.15) is 17.1 Å². The minimum Gasteiger partial charge on any atom is -0.508 e. The zero-order chi connectivity index (χ0) is 16.4. The molecule has 0 spiro atoms. The Kier molecular flexibility index (Phi) is 3.97. The highest BCUT2D eigenvalue weighted by Crippen LogP contribution is 2.17. The number of hydrogen-bond acceptors (Lipinski definition) is 3. The predicted octanol–water partition coefficient (Wildman–Crippen LogP) is 2.77. The monoisotopic (exact) mass is 313 g/mol. The van der Waals surface area contributed by atoms with Crippen LogP contribution in [0.4, 0.5) is 4.39 Å². The predicted molar refractivity (Wildman–Crippen MR) is 84.8 cm³/mol. The van der Waals surface area contributed by atoms with E-state index in [1.807, 2.05) is 6.92 Å². The smallest absolute Gasteiger partial charge is 0.253 e. The van der Waals surface area contributed by atoms with E-state index in [0.29, 0.717) is 17.5 Å². The number of fused-ring (bicyclic) bond motifs is 1. The second kappa shape index (κ2) is 6.08. The molecule has 3 rings (SSSR count). The van der Waals surface area contributed by atoms with Crippen molar-refractivity contribution < 1.29 is 14.3 Å². The number of carbonyl (C=O) groups is 1. The summed E-state index contributed by atoms with van der Waals surface area (Å²) in [4.78, 5) is 19.3. The Morgan fingerprint density at radius 1 is 1.35 bits per heavy atom. The molecule has 3 N–H and O–H groups in total. The number of aromatic hydroxyl groups is 1. The van der Waals surface area contributed by atoms with Crippen LogP contribution in [0.25, 0.3) is 11.0 Å².